The zero-order chi connectivity index (χ0) is 16.5. The number of hydrogen-bond donors (Lipinski definition) is 3. The molecule has 1 aromatic rings. The van der Waals surface area contributed by atoms with E-state index in [9.17, 15) is 15.0 Å². The predicted molar refractivity (Wildman–Crippen MR) is 82.1 cm³/mol. The Kier molecular flexibility index (Phi) is 8.05. The van der Waals surface area contributed by atoms with E-state index in [1.165, 1.54) is 6.92 Å². The van der Waals surface area contributed by atoms with Gasteiger partial charge in [0.2, 0.25) is 5.91 Å². The molecule has 0 spiro atoms. The summed E-state index contributed by atoms with van der Waals surface area (Å²) in [6.45, 7) is 6.20. The zero-order valence-corrected chi connectivity index (χ0v) is 13.3. The van der Waals surface area contributed by atoms with Gasteiger partial charge in [0, 0.05) is 32.2 Å². The zero-order valence-electron chi connectivity index (χ0n) is 13.3. The SMILES string of the molecule is CCOC(OCC)c1ccc(C(O)C(O)CNC(C)=O)cc1. The molecule has 0 aromatic heterocycles. The van der Waals surface area contributed by atoms with E-state index >= 15 is 0 Å². The van der Waals surface area contributed by atoms with Crippen molar-refractivity contribution < 1.29 is 24.5 Å². The van der Waals surface area contributed by atoms with Gasteiger partial charge in [0.1, 0.15) is 12.2 Å². The minimum Gasteiger partial charge on any atom is -0.388 e. The summed E-state index contributed by atoms with van der Waals surface area (Å²) in [5, 5.41) is 22.4. The number of nitrogens with one attached hydrogen (secondary N) is 1. The highest BCUT2D eigenvalue weighted by molar-refractivity contribution is 5.72. The second-order valence-electron chi connectivity index (χ2n) is 4.86. The summed E-state index contributed by atoms with van der Waals surface area (Å²) in [5.74, 6) is -0.252. The van der Waals surface area contributed by atoms with E-state index in [0.29, 0.717) is 18.8 Å². The summed E-state index contributed by atoms with van der Waals surface area (Å²) in [5.41, 5.74) is 1.41. The normalized spacial score (nSPS) is 13.9. The Morgan fingerprint density at radius 2 is 1.59 bits per heavy atom. The number of aliphatic hydroxyl groups excluding tert-OH is 2. The van der Waals surface area contributed by atoms with Crippen molar-refractivity contribution in [3.8, 4) is 0 Å². The standard InChI is InChI=1S/C16H25NO5/c1-4-21-16(22-5-2)13-8-6-12(7-9-13)15(20)14(19)10-17-11(3)18/h6-9,14-16,19-20H,4-5,10H2,1-3H3,(H,17,18). The highest BCUT2D eigenvalue weighted by Crippen LogP contribution is 2.23. The van der Waals surface area contributed by atoms with Gasteiger partial charge < -0.3 is 25.0 Å². The number of rotatable bonds is 9. The van der Waals surface area contributed by atoms with E-state index in [1.807, 2.05) is 13.8 Å². The topological polar surface area (TPSA) is 88.0 Å². The molecular weight excluding hydrogens is 286 g/mol. The number of carbonyl (C=O) groups excluding carboxylic acids is 1. The molecule has 0 heterocycles. The van der Waals surface area contributed by atoms with E-state index in [2.05, 4.69) is 5.32 Å². The van der Waals surface area contributed by atoms with Crippen LogP contribution in [0.4, 0.5) is 0 Å². The lowest BCUT2D eigenvalue weighted by Crippen LogP contribution is -2.34. The van der Waals surface area contributed by atoms with Crippen molar-refractivity contribution in [2.45, 2.75) is 39.3 Å². The predicted octanol–water partition coefficient (Wildman–Crippen LogP) is 1.29. The van der Waals surface area contributed by atoms with E-state index in [0.717, 1.165) is 5.56 Å². The molecule has 6 heteroatoms. The first-order valence-corrected chi connectivity index (χ1v) is 7.43. The van der Waals surface area contributed by atoms with Crippen LogP contribution in [-0.4, -0.2) is 42.0 Å². The van der Waals surface area contributed by atoms with Gasteiger partial charge in [-0.05, 0) is 19.4 Å². The molecule has 0 saturated heterocycles. The molecule has 0 saturated carbocycles. The van der Waals surface area contributed by atoms with Crippen LogP contribution in [0.3, 0.4) is 0 Å². The van der Waals surface area contributed by atoms with E-state index in [4.69, 9.17) is 9.47 Å². The number of aliphatic hydroxyl groups is 2. The van der Waals surface area contributed by atoms with Gasteiger partial charge in [0.25, 0.3) is 0 Å². The fourth-order valence-electron chi connectivity index (χ4n) is 1.98. The van der Waals surface area contributed by atoms with Crippen LogP contribution in [0.15, 0.2) is 24.3 Å². The summed E-state index contributed by atoms with van der Waals surface area (Å²) in [7, 11) is 0. The van der Waals surface area contributed by atoms with Crippen LogP contribution in [0.1, 0.15) is 44.3 Å². The number of hydrogen-bond acceptors (Lipinski definition) is 5. The van der Waals surface area contributed by atoms with Gasteiger partial charge in [-0.1, -0.05) is 24.3 Å². The average molecular weight is 311 g/mol. The maximum Gasteiger partial charge on any atom is 0.216 e. The Bertz CT molecular complexity index is 442. The van der Waals surface area contributed by atoms with E-state index in [-0.39, 0.29) is 12.5 Å². The maximum atomic E-state index is 10.8. The Labute approximate surface area is 131 Å². The van der Waals surface area contributed by atoms with Crippen molar-refractivity contribution >= 4 is 5.91 Å². The molecule has 1 amide bonds. The van der Waals surface area contributed by atoms with Crippen molar-refractivity contribution in [1.82, 2.24) is 5.32 Å². The molecule has 0 aliphatic rings. The first-order chi connectivity index (χ1) is 10.5. The lowest BCUT2D eigenvalue weighted by Gasteiger charge is -2.20. The molecule has 1 rings (SSSR count). The number of amides is 1. The third-order valence-electron chi connectivity index (χ3n) is 3.11. The van der Waals surface area contributed by atoms with Gasteiger partial charge in [0.05, 0.1) is 0 Å². The molecule has 22 heavy (non-hydrogen) atoms. The van der Waals surface area contributed by atoms with Crippen LogP contribution in [0.5, 0.6) is 0 Å². The summed E-state index contributed by atoms with van der Waals surface area (Å²) < 4.78 is 11.0. The summed E-state index contributed by atoms with van der Waals surface area (Å²) in [6, 6.07) is 7.00. The van der Waals surface area contributed by atoms with Gasteiger partial charge in [-0.15, -0.1) is 0 Å². The fraction of sp³-hybridized carbons (Fsp3) is 0.562. The quantitative estimate of drug-likeness (QED) is 0.598. The largest absolute Gasteiger partial charge is 0.388 e. The van der Waals surface area contributed by atoms with Crippen molar-refractivity contribution in [2.24, 2.45) is 0 Å². The van der Waals surface area contributed by atoms with Gasteiger partial charge in [-0.2, -0.15) is 0 Å². The molecule has 0 aliphatic heterocycles. The second kappa shape index (κ2) is 9.53. The average Bonchev–Trinajstić information content (AvgIpc) is 2.52. The molecule has 6 nitrogen and oxygen atoms in total. The molecule has 0 bridgehead atoms. The van der Waals surface area contributed by atoms with Crippen LogP contribution < -0.4 is 5.32 Å². The molecule has 2 atom stereocenters. The smallest absolute Gasteiger partial charge is 0.216 e. The highest BCUT2D eigenvalue weighted by Gasteiger charge is 2.19. The summed E-state index contributed by atoms with van der Waals surface area (Å²) in [4.78, 5) is 10.8. The van der Waals surface area contributed by atoms with Crippen molar-refractivity contribution in [1.29, 1.82) is 0 Å². The molecule has 0 radical (unpaired) electrons. The molecule has 0 fully saturated rings. The summed E-state index contributed by atoms with van der Waals surface area (Å²) in [6.07, 6.45) is -2.58. The van der Waals surface area contributed by atoms with Crippen molar-refractivity contribution in [2.75, 3.05) is 19.8 Å². The maximum absolute atomic E-state index is 10.8. The molecule has 124 valence electrons. The molecule has 1 aromatic carbocycles. The van der Waals surface area contributed by atoms with Gasteiger partial charge in [-0.3, -0.25) is 4.79 Å². The highest BCUT2D eigenvalue weighted by atomic mass is 16.7. The number of benzene rings is 1. The monoisotopic (exact) mass is 311 g/mol. The number of ether oxygens (including phenoxy) is 2. The Balaban J connectivity index is 2.71. The van der Waals surface area contributed by atoms with E-state index in [1.54, 1.807) is 24.3 Å². The lowest BCUT2D eigenvalue weighted by molar-refractivity contribution is -0.140. The summed E-state index contributed by atoms with van der Waals surface area (Å²) >= 11 is 0. The first kappa shape index (κ1) is 18.6. The third kappa shape index (κ3) is 5.73. The van der Waals surface area contributed by atoms with Crippen LogP contribution in [0.25, 0.3) is 0 Å². The molecular formula is C16H25NO5. The fourth-order valence-corrected chi connectivity index (χ4v) is 1.98. The van der Waals surface area contributed by atoms with Crippen LogP contribution >= 0.6 is 0 Å². The van der Waals surface area contributed by atoms with Gasteiger partial charge in [-0.25, -0.2) is 0 Å². The van der Waals surface area contributed by atoms with Crippen LogP contribution in [0, 0.1) is 0 Å². The lowest BCUT2D eigenvalue weighted by atomic mass is 10.0. The minimum absolute atomic E-state index is 0.00122. The van der Waals surface area contributed by atoms with Crippen molar-refractivity contribution in [3.63, 3.8) is 0 Å². The van der Waals surface area contributed by atoms with Crippen molar-refractivity contribution in [3.05, 3.63) is 35.4 Å². The molecule has 0 aliphatic carbocycles. The first-order valence-electron chi connectivity index (χ1n) is 7.43. The number of carbonyl (C=O) groups is 1. The Morgan fingerprint density at radius 3 is 2.05 bits per heavy atom. The molecule has 2 unspecified atom stereocenters. The molecule has 3 N–H and O–H groups in total. The van der Waals surface area contributed by atoms with E-state index < -0.39 is 18.5 Å². The Morgan fingerprint density at radius 1 is 1.09 bits per heavy atom. The van der Waals surface area contributed by atoms with Gasteiger partial charge >= 0.3 is 0 Å². The minimum atomic E-state index is -1.07. The third-order valence-corrected chi connectivity index (χ3v) is 3.11. The van der Waals surface area contributed by atoms with Crippen LogP contribution in [0.2, 0.25) is 0 Å². The Hall–Kier alpha value is -1.47. The second-order valence-corrected chi connectivity index (χ2v) is 4.86. The van der Waals surface area contributed by atoms with Crippen LogP contribution in [-0.2, 0) is 14.3 Å². The van der Waals surface area contributed by atoms with Gasteiger partial charge in [0.15, 0.2) is 6.29 Å².